The number of carbonyl (C=O) groups excluding carboxylic acids is 1. The molecule has 4 N–H and O–H groups in total. The van der Waals surface area contributed by atoms with Gasteiger partial charge in [0.05, 0.1) is 11.3 Å². The van der Waals surface area contributed by atoms with E-state index < -0.39 is 5.91 Å². The molecule has 126 valence electrons. The van der Waals surface area contributed by atoms with Gasteiger partial charge in [-0.25, -0.2) is 4.98 Å². The molecule has 1 heterocycles. The predicted molar refractivity (Wildman–Crippen MR) is 104 cm³/mol. The van der Waals surface area contributed by atoms with Gasteiger partial charge in [-0.15, -0.1) is 0 Å². The average molecular weight is 397 g/mol. The Morgan fingerprint density at radius 1 is 1.08 bits per heavy atom. The molecule has 0 aliphatic heterocycles. The zero-order valence-electron chi connectivity index (χ0n) is 13.4. The fourth-order valence-corrected chi connectivity index (χ4v) is 2.60. The molecule has 25 heavy (non-hydrogen) atoms. The Kier molecular flexibility index (Phi) is 5.30. The first kappa shape index (κ1) is 17.0. The Labute approximate surface area is 154 Å². The molecule has 5 nitrogen and oxygen atoms in total. The topological polar surface area (TPSA) is 80.0 Å². The van der Waals surface area contributed by atoms with Gasteiger partial charge >= 0.3 is 0 Å². The monoisotopic (exact) mass is 396 g/mol. The third kappa shape index (κ3) is 4.58. The van der Waals surface area contributed by atoms with Gasteiger partial charge in [0, 0.05) is 29.0 Å². The van der Waals surface area contributed by atoms with Crippen molar-refractivity contribution in [3.8, 4) is 0 Å². The van der Waals surface area contributed by atoms with Crippen LogP contribution in [0.3, 0.4) is 0 Å². The summed E-state index contributed by atoms with van der Waals surface area (Å²) in [7, 11) is 0. The van der Waals surface area contributed by atoms with Gasteiger partial charge < -0.3 is 16.4 Å². The number of rotatable bonds is 6. The van der Waals surface area contributed by atoms with E-state index >= 15 is 0 Å². The van der Waals surface area contributed by atoms with Crippen LogP contribution < -0.4 is 16.4 Å². The second-order valence-electron chi connectivity index (χ2n) is 5.45. The van der Waals surface area contributed by atoms with Crippen LogP contribution in [0.4, 0.5) is 17.2 Å². The smallest absolute Gasteiger partial charge is 0.252 e. The number of nitrogens with one attached hydrogen (secondary N) is 2. The first-order valence-corrected chi connectivity index (χ1v) is 8.51. The molecular formula is C19H17BrN4O. The SMILES string of the molecule is NC(=O)c1cnc(Nc2ccc(Br)cc2)cc1NCc1ccccc1. The van der Waals surface area contributed by atoms with Crippen molar-refractivity contribution < 1.29 is 4.79 Å². The molecule has 3 aromatic rings. The Morgan fingerprint density at radius 2 is 1.80 bits per heavy atom. The van der Waals surface area contributed by atoms with E-state index in [9.17, 15) is 4.79 Å². The van der Waals surface area contributed by atoms with Crippen molar-refractivity contribution in [1.82, 2.24) is 4.98 Å². The molecule has 0 atom stereocenters. The minimum atomic E-state index is -0.516. The lowest BCUT2D eigenvalue weighted by atomic mass is 10.2. The largest absolute Gasteiger partial charge is 0.380 e. The summed E-state index contributed by atoms with van der Waals surface area (Å²) in [5.41, 5.74) is 8.47. The van der Waals surface area contributed by atoms with Crippen LogP contribution in [0.1, 0.15) is 15.9 Å². The standard InChI is InChI=1S/C19H17BrN4O/c20-14-6-8-15(9-7-14)24-18-10-17(16(12-23-18)19(21)25)22-11-13-4-2-1-3-5-13/h1-10,12H,11H2,(H2,21,25)(H2,22,23,24). The lowest BCUT2D eigenvalue weighted by molar-refractivity contribution is 0.100. The van der Waals surface area contributed by atoms with E-state index in [0.717, 1.165) is 15.7 Å². The lowest BCUT2D eigenvalue weighted by Gasteiger charge is -2.13. The Balaban J connectivity index is 1.81. The maximum atomic E-state index is 11.7. The molecule has 0 unspecified atom stereocenters. The first-order chi connectivity index (χ1) is 12.1. The van der Waals surface area contributed by atoms with Crippen molar-refractivity contribution >= 4 is 39.0 Å². The maximum absolute atomic E-state index is 11.7. The van der Waals surface area contributed by atoms with Crippen LogP contribution in [0, 0.1) is 0 Å². The van der Waals surface area contributed by atoms with E-state index in [4.69, 9.17) is 5.73 Å². The number of carbonyl (C=O) groups is 1. The molecule has 0 saturated carbocycles. The van der Waals surface area contributed by atoms with Crippen LogP contribution in [-0.2, 0) is 6.54 Å². The van der Waals surface area contributed by atoms with Crippen molar-refractivity contribution in [2.75, 3.05) is 10.6 Å². The van der Waals surface area contributed by atoms with E-state index in [1.807, 2.05) is 54.6 Å². The summed E-state index contributed by atoms with van der Waals surface area (Å²) in [6.45, 7) is 0.586. The second-order valence-corrected chi connectivity index (χ2v) is 6.37. The minimum absolute atomic E-state index is 0.359. The van der Waals surface area contributed by atoms with Crippen LogP contribution in [-0.4, -0.2) is 10.9 Å². The summed E-state index contributed by atoms with van der Waals surface area (Å²) in [6, 6.07) is 19.5. The minimum Gasteiger partial charge on any atom is -0.380 e. The van der Waals surface area contributed by atoms with Gasteiger partial charge in [0.25, 0.3) is 5.91 Å². The molecule has 1 aromatic heterocycles. The molecule has 6 heteroatoms. The highest BCUT2D eigenvalue weighted by atomic mass is 79.9. The summed E-state index contributed by atoms with van der Waals surface area (Å²) in [5.74, 6) is 0.112. The molecule has 0 radical (unpaired) electrons. The molecule has 0 fully saturated rings. The molecule has 3 rings (SSSR count). The fourth-order valence-electron chi connectivity index (χ4n) is 2.34. The third-order valence-electron chi connectivity index (χ3n) is 3.61. The maximum Gasteiger partial charge on any atom is 0.252 e. The number of primary amides is 1. The number of nitrogens with two attached hydrogens (primary N) is 1. The molecule has 0 aliphatic rings. The van der Waals surface area contributed by atoms with Gasteiger partial charge in [-0.3, -0.25) is 4.79 Å². The quantitative estimate of drug-likeness (QED) is 0.580. The van der Waals surface area contributed by atoms with Crippen molar-refractivity contribution in [1.29, 1.82) is 0 Å². The van der Waals surface area contributed by atoms with Gasteiger partial charge in [-0.2, -0.15) is 0 Å². The third-order valence-corrected chi connectivity index (χ3v) is 4.14. The zero-order chi connectivity index (χ0) is 17.6. The number of aromatic nitrogens is 1. The van der Waals surface area contributed by atoms with Gasteiger partial charge in [-0.05, 0) is 29.8 Å². The highest BCUT2D eigenvalue weighted by Gasteiger charge is 2.10. The van der Waals surface area contributed by atoms with Gasteiger partial charge in [0.15, 0.2) is 0 Å². The fraction of sp³-hybridized carbons (Fsp3) is 0.0526. The summed E-state index contributed by atoms with van der Waals surface area (Å²) >= 11 is 3.41. The second kappa shape index (κ2) is 7.81. The van der Waals surface area contributed by atoms with Crippen molar-refractivity contribution in [3.05, 3.63) is 82.5 Å². The molecule has 0 bridgehead atoms. The average Bonchev–Trinajstić information content (AvgIpc) is 2.63. The van der Waals surface area contributed by atoms with Crippen LogP contribution >= 0.6 is 15.9 Å². The lowest BCUT2D eigenvalue weighted by Crippen LogP contribution is -2.15. The number of nitrogens with zero attached hydrogens (tertiary/aromatic N) is 1. The van der Waals surface area contributed by atoms with E-state index in [-0.39, 0.29) is 0 Å². The van der Waals surface area contributed by atoms with Gasteiger partial charge in [0.2, 0.25) is 0 Å². The van der Waals surface area contributed by atoms with Crippen LogP contribution in [0.2, 0.25) is 0 Å². The number of hydrogen-bond acceptors (Lipinski definition) is 4. The van der Waals surface area contributed by atoms with Crippen molar-refractivity contribution in [3.63, 3.8) is 0 Å². The van der Waals surface area contributed by atoms with Crippen LogP contribution in [0.15, 0.2) is 71.3 Å². The zero-order valence-corrected chi connectivity index (χ0v) is 15.0. The molecule has 0 spiro atoms. The number of amides is 1. The number of benzene rings is 2. The summed E-state index contributed by atoms with van der Waals surface area (Å²) in [5, 5.41) is 6.47. The molecular weight excluding hydrogens is 380 g/mol. The van der Waals surface area contributed by atoms with Crippen molar-refractivity contribution in [2.45, 2.75) is 6.54 Å². The van der Waals surface area contributed by atoms with E-state index in [1.54, 1.807) is 6.07 Å². The number of hydrogen-bond donors (Lipinski definition) is 3. The highest BCUT2D eigenvalue weighted by Crippen LogP contribution is 2.23. The number of halogens is 1. The summed E-state index contributed by atoms with van der Waals surface area (Å²) in [6.07, 6.45) is 1.48. The van der Waals surface area contributed by atoms with E-state index in [2.05, 4.69) is 31.5 Å². The molecule has 0 aliphatic carbocycles. The van der Waals surface area contributed by atoms with Crippen LogP contribution in [0.5, 0.6) is 0 Å². The predicted octanol–water partition coefficient (Wildman–Crippen LogP) is 4.30. The van der Waals surface area contributed by atoms with Gasteiger partial charge in [-0.1, -0.05) is 46.3 Å². The van der Waals surface area contributed by atoms with Gasteiger partial charge in [0.1, 0.15) is 5.82 Å². The highest BCUT2D eigenvalue weighted by molar-refractivity contribution is 9.10. The molecule has 0 saturated heterocycles. The Hall–Kier alpha value is -2.86. The summed E-state index contributed by atoms with van der Waals surface area (Å²) < 4.78 is 1.00. The first-order valence-electron chi connectivity index (χ1n) is 7.72. The molecule has 2 aromatic carbocycles. The normalized spacial score (nSPS) is 10.3. The Morgan fingerprint density at radius 3 is 2.48 bits per heavy atom. The van der Waals surface area contributed by atoms with E-state index in [0.29, 0.717) is 23.6 Å². The summed E-state index contributed by atoms with van der Waals surface area (Å²) in [4.78, 5) is 15.9. The van der Waals surface area contributed by atoms with Crippen molar-refractivity contribution in [2.24, 2.45) is 5.73 Å². The van der Waals surface area contributed by atoms with E-state index in [1.165, 1.54) is 6.20 Å². The molecule has 1 amide bonds. The number of pyridine rings is 1. The Bertz CT molecular complexity index is 866. The van der Waals surface area contributed by atoms with Crippen LogP contribution in [0.25, 0.3) is 0 Å². The number of anilines is 3.